The molecular formula is C8H14O5. The van der Waals surface area contributed by atoms with Gasteiger partial charge in [0.15, 0.2) is 0 Å². The Bertz CT molecular complexity index is 197. The van der Waals surface area contributed by atoms with Gasteiger partial charge in [-0.1, -0.05) is 0 Å². The van der Waals surface area contributed by atoms with Crippen molar-refractivity contribution in [2.45, 2.75) is 31.0 Å². The molecule has 13 heavy (non-hydrogen) atoms. The van der Waals surface area contributed by atoms with E-state index in [1.165, 1.54) is 0 Å². The monoisotopic (exact) mass is 190 g/mol. The Balaban J connectivity index is 2.09. The average Bonchev–Trinajstić information content (AvgIpc) is 2.58. The first-order chi connectivity index (χ1) is 6.17. The maximum absolute atomic E-state index is 9.90. The van der Waals surface area contributed by atoms with E-state index in [0.29, 0.717) is 6.61 Å². The molecule has 2 N–H and O–H groups in total. The van der Waals surface area contributed by atoms with Crippen LogP contribution >= 0.6 is 0 Å². The van der Waals surface area contributed by atoms with Gasteiger partial charge in [-0.05, 0) is 6.92 Å². The molecule has 0 bridgehead atoms. The molecule has 2 aliphatic heterocycles. The van der Waals surface area contributed by atoms with Gasteiger partial charge >= 0.3 is 0 Å². The predicted octanol–water partition coefficient (Wildman–Crippen LogP) is -1.13. The average molecular weight is 190 g/mol. The van der Waals surface area contributed by atoms with E-state index in [2.05, 4.69) is 0 Å². The summed E-state index contributed by atoms with van der Waals surface area (Å²) in [6, 6.07) is 0. The summed E-state index contributed by atoms with van der Waals surface area (Å²) in [5, 5.41) is 19.3. The predicted molar refractivity (Wildman–Crippen MR) is 42.1 cm³/mol. The zero-order valence-corrected chi connectivity index (χ0v) is 7.47. The number of hydrogen-bond acceptors (Lipinski definition) is 5. The molecule has 5 nitrogen and oxygen atoms in total. The highest BCUT2D eigenvalue weighted by molar-refractivity contribution is 4.99. The van der Waals surface area contributed by atoms with Gasteiger partial charge in [-0.25, -0.2) is 0 Å². The van der Waals surface area contributed by atoms with Crippen LogP contribution in [0.4, 0.5) is 0 Å². The quantitative estimate of drug-likeness (QED) is 0.539. The Labute approximate surface area is 76.2 Å². The molecule has 2 saturated heterocycles. The Hall–Kier alpha value is -0.200. The van der Waals surface area contributed by atoms with Crippen molar-refractivity contribution in [3.05, 3.63) is 0 Å². The Morgan fingerprint density at radius 2 is 2.31 bits per heavy atom. The largest absolute Gasteiger partial charge is 0.388 e. The van der Waals surface area contributed by atoms with E-state index in [4.69, 9.17) is 14.2 Å². The summed E-state index contributed by atoms with van der Waals surface area (Å²) in [6.45, 7) is 2.44. The van der Waals surface area contributed by atoms with Gasteiger partial charge in [-0.3, -0.25) is 0 Å². The van der Waals surface area contributed by atoms with Crippen LogP contribution in [-0.2, 0) is 14.2 Å². The fourth-order valence-electron chi connectivity index (χ4n) is 1.85. The molecule has 0 saturated carbocycles. The molecule has 0 radical (unpaired) electrons. The lowest BCUT2D eigenvalue weighted by atomic mass is 10.1. The van der Waals surface area contributed by atoms with E-state index in [1.807, 2.05) is 0 Å². The molecule has 0 amide bonds. The maximum Gasteiger partial charge on any atom is 0.219 e. The summed E-state index contributed by atoms with van der Waals surface area (Å²) in [7, 11) is 0. The molecule has 76 valence electrons. The lowest BCUT2D eigenvalue weighted by Crippen LogP contribution is -2.46. The van der Waals surface area contributed by atoms with Gasteiger partial charge in [0.1, 0.15) is 24.9 Å². The zero-order chi connectivity index (χ0) is 9.47. The summed E-state index contributed by atoms with van der Waals surface area (Å²) < 4.78 is 15.6. The number of aliphatic hydroxyl groups excluding tert-OH is 1. The van der Waals surface area contributed by atoms with Crippen molar-refractivity contribution in [3.8, 4) is 0 Å². The van der Waals surface area contributed by atoms with E-state index < -0.39 is 24.1 Å². The van der Waals surface area contributed by atoms with Gasteiger partial charge in [0.2, 0.25) is 5.79 Å². The molecule has 2 rings (SSSR count). The van der Waals surface area contributed by atoms with Gasteiger partial charge in [-0.15, -0.1) is 0 Å². The van der Waals surface area contributed by atoms with Crippen LogP contribution in [0, 0.1) is 0 Å². The summed E-state index contributed by atoms with van der Waals surface area (Å²) in [4.78, 5) is 0. The minimum atomic E-state index is -1.38. The van der Waals surface area contributed by atoms with Crippen LogP contribution in [-0.4, -0.2) is 54.1 Å². The number of fused-ring (bicyclic) bond motifs is 1. The molecule has 0 aromatic heterocycles. The molecule has 0 aromatic rings. The maximum atomic E-state index is 9.90. The summed E-state index contributed by atoms with van der Waals surface area (Å²) in [5.41, 5.74) is 0. The fourth-order valence-corrected chi connectivity index (χ4v) is 1.85. The van der Waals surface area contributed by atoms with Gasteiger partial charge in [0, 0.05) is 6.61 Å². The van der Waals surface area contributed by atoms with Gasteiger partial charge in [0.25, 0.3) is 0 Å². The third-order valence-electron chi connectivity index (χ3n) is 2.45. The van der Waals surface area contributed by atoms with Gasteiger partial charge in [-0.2, -0.15) is 0 Å². The van der Waals surface area contributed by atoms with Gasteiger partial charge in [0.05, 0.1) is 6.61 Å². The second-order valence-electron chi connectivity index (χ2n) is 3.37. The van der Waals surface area contributed by atoms with Crippen molar-refractivity contribution in [3.63, 3.8) is 0 Å². The molecule has 4 atom stereocenters. The third kappa shape index (κ3) is 1.37. The minimum Gasteiger partial charge on any atom is -0.388 e. The molecule has 0 spiro atoms. The molecule has 2 heterocycles. The van der Waals surface area contributed by atoms with E-state index in [-0.39, 0.29) is 13.2 Å². The van der Waals surface area contributed by atoms with Crippen molar-refractivity contribution in [2.75, 3.05) is 19.8 Å². The molecule has 0 aromatic carbocycles. The van der Waals surface area contributed by atoms with Crippen molar-refractivity contribution in [1.82, 2.24) is 0 Å². The molecular weight excluding hydrogens is 176 g/mol. The number of hydrogen-bond donors (Lipinski definition) is 2. The summed E-state index contributed by atoms with van der Waals surface area (Å²) >= 11 is 0. The SMILES string of the molecule is CCO[C@@]1(O)CO[C@@H]2[C@@H](O)CO[C@@H]21. The van der Waals surface area contributed by atoms with Crippen molar-refractivity contribution >= 4 is 0 Å². The summed E-state index contributed by atoms with van der Waals surface area (Å²) in [6.07, 6.45) is -1.65. The van der Waals surface area contributed by atoms with Crippen LogP contribution in [0.3, 0.4) is 0 Å². The van der Waals surface area contributed by atoms with E-state index in [0.717, 1.165) is 0 Å². The normalized spacial score (nSPS) is 49.6. The number of ether oxygens (including phenoxy) is 3. The highest BCUT2D eigenvalue weighted by Gasteiger charge is 2.56. The highest BCUT2D eigenvalue weighted by Crippen LogP contribution is 2.34. The molecule has 0 unspecified atom stereocenters. The Kier molecular flexibility index (Phi) is 2.29. The van der Waals surface area contributed by atoms with Crippen molar-refractivity contribution in [2.24, 2.45) is 0 Å². The van der Waals surface area contributed by atoms with Crippen LogP contribution in [0.5, 0.6) is 0 Å². The summed E-state index contributed by atoms with van der Waals surface area (Å²) in [5.74, 6) is -1.38. The van der Waals surface area contributed by atoms with Crippen LogP contribution in [0.1, 0.15) is 6.92 Å². The first kappa shape index (κ1) is 9.36. The second kappa shape index (κ2) is 3.18. The lowest BCUT2D eigenvalue weighted by molar-refractivity contribution is -0.241. The Morgan fingerprint density at radius 1 is 1.54 bits per heavy atom. The van der Waals surface area contributed by atoms with Crippen LogP contribution < -0.4 is 0 Å². The standard InChI is InChI=1S/C8H14O5/c1-2-13-8(10)4-12-6-5(9)3-11-7(6)8/h5-7,9-10H,2-4H2,1H3/t5-,6+,7-,8-/m0/s1. The van der Waals surface area contributed by atoms with Crippen LogP contribution in [0.25, 0.3) is 0 Å². The van der Waals surface area contributed by atoms with Crippen molar-refractivity contribution < 1.29 is 24.4 Å². The molecule has 2 aliphatic rings. The highest BCUT2D eigenvalue weighted by atomic mass is 16.7. The topological polar surface area (TPSA) is 68.2 Å². The van der Waals surface area contributed by atoms with Gasteiger partial charge < -0.3 is 24.4 Å². The first-order valence-electron chi connectivity index (χ1n) is 4.45. The first-order valence-corrected chi connectivity index (χ1v) is 4.45. The Morgan fingerprint density at radius 3 is 3.00 bits per heavy atom. The molecule has 5 heteroatoms. The lowest BCUT2D eigenvalue weighted by Gasteiger charge is -2.25. The minimum absolute atomic E-state index is 0.0627. The van der Waals surface area contributed by atoms with Crippen LogP contribution in [0.15, 0.2) is 0 Å². The smallest absolute Gasteiger partial charge is 0.219 e. The van der Waals surface area contributed by atoms with Crippen molar-refractivity contribution in [1.29, 1.82) is 0 Å². The number of aliphatic hydroxyl groups is 2. The number of rotatable bonds is 2. The molecule has 0 aliphatic carbocycles. The van der Waals surface area contributed by atoms with Crippen LogP contribution in [0.2, 0.25) is 0 Å². The molecule has 2 fully saturated rings. The zero-order valence-electron chi connectivity index (χ0n) is 7.47. The van der Waals surface area contributed by atoms with E-state index in [1.54, 1.807) is 6.92 Å². The third-order valence-corrected chi connectivity index (χ3v) is 2.45. The van der Waals surface area contributed by atoms with E-state index in [9.17, 15) is 10.2 Å². The fraction of sp³-hybridized carbons (Fsp3) is 1.00. The second-order valence-corrected chi connectivity index (χ2v) is 3.37. The van der Waals surface area contributed by atoms with E-state index >= 15 is 0 Å².